The molecule has 0 saturated carbocycles. The minimum Gasteiger partial charge on any atom is -0.480 e. The number of carboxylic acids is 1. The van der Waals surface area contributed by atoms with Gasteiger partial charge in [0.15, 0.2) is 0 Å². The molecule has 0 bridgehead atoms. The first-order valence-corrected chi connectivity index (χ1v) is 8.06. The first-order chi connectivity index (χ1) is 11.4. The Morgan fingerprint density at radius 3 is 2.38 bits per heavy atom. The molecule has 2 unspecified atom stereocenters. The highest BCUT2D eigenvalue weighted by atomic mass is 16.4. The molecule has 6 nitrogen and oxygen atoms in total. The number of carboxylic acid groups (broad SMARTS) is 1. The summed E-state index contributed by atoms with van der Waals surface area (Å²) in [4.78, 5) is 23.2. The normalized spacial score (nSPS) is 13.3. The van der Waals surface area contributed by atoms with Crippen molar-refractivity contribution in [2.75, 3.05) is 0 Å². The van der Waals surface area contributed by atoms with Gasteiger partial charge in [-0.1, -0.05) is 38.1 Å². The van der Waals surface area contributed by atoms with Crippen LogP contribution >= 0.6 is 0 Å². The summed E-state index contributed by atoms with van der Waals surface area (Å²) in [5.41, 5.74) is 2.51. The van der Waals surface area contributed by atoms with E-state index in [1.165, 1.54) is 22.5 Å². The van der Waals surface area contributed by atoms with E-state index in [2.05, 4.69) is 36.4 Å². The van der Waals surface area contributed by atoms with Crippen molar-refractivity contribution in [3.05, 3.63) is 53.3 Å². The number of aliphatic carboxylic acids is 1. The van der Waals surface area contributed by atoms with E-state index >= 15 is 0 Å². The molecule has 24 heavy (non-hydrogen) atoms. The van der Waals surface area contributed by atoms with Gasteiger partial charge in [0, 0.05) is 6.20 Å². The van der Waals surface area contributed by atoms with Crippen LogP contribution in [0.2, 0.25) is 0 Å². The lowest BCUT2D eigenvalue weighted by molar-refractivity contribution is -0.137. The lowest BCUT2D eigenvalue weighted by Gasteiger charge is -2.16. The van der Waals surface area contributed by atoms with Gasteiger partial charge in [-0.3, -0.25) is 9.59 Å². The van der Waals surface area contributed by atoms with Crippen LogP contribution in [-0.4, -0.2) is 26.8 Å². The standard InChI is InChI=1S/C18H23N3O3/c1-4-12(2)14-5-7-15(8-6-14)13(3)20-18(24)16-9-10-19-21(16)11-17(22)23/h5-10,12-13H,4,11H2,1-3H3,(H,20,24)(H,22,23). The maximum atomic E-state index is 12.3. The molecule has 0 saturated heterocycles. The number of hydrogen-bond donors (Lipinski definition) is 2. The van der Waals surface area contributed by atoms with Crippen LogP contribution in [0.1, 0.15) is 60.8 Å². The van der Waals surface area contributed by atoms with Crippen LogP contribution in [0.3, 0.4) is 0 Å². The molecule has 0 aliphatic rings. The Labute approximate surface area is 141 Å². The van der Waals surface area contributed by atoms with Gasteiger partial charge in [-0.25, -0.2) is 4.68 Å². The summed E-state index contributed by atoms with van der Waals surface area (Å²) in [5.74, 6) is -0.872. The number of hydrogen-bond acceptors (Lipinski definition) is 3. The van der Waals surface area contributed by atoms with Crippen molar-refractivity contribution >= 4 is 11.9 Å². The van der Waals surface area contributed by atoms with Crippen LogP contribution in [0.4, 0.5) is 0 Å². The van der Waals surface area contributed by atoms with E-state index in [0.717, 1.165) is 12.0 Å². The van der Waals surface area contributed by atoms with Crippen LogP contribution in [-0.2, 0) is 11.3 Å². The summed E-state index contributed by atoms with van der Waals surface area (Å²) in [6.07, 6.45) is 2.50. The van der Waals surface area contributed by atoms with Gasteiger partial charge >= 0.3 is 5.97 Å². The SMILES string of the molecule is CCC(C)c1ccc(C(C)NC(=O)c2ccnn2CC(=O)O)cc1. The van der Waals surface area contributed by atoms with E-state index in [1.54, 1.807) is 0 Å². The number of benzene rings is 1. The van der Waals surface area contributed by atoms with Gasteiger partial charge in [0.25, 0.3) is 5.91 Å². The lowest BCUT2D eigenvalue weighted by Crippen LogP contribution is -2.29. The average molecular weight is 329 g/mol. The Hall–Kier alpha value is -2.63. The summed E-state index contributed by atoms with van der Waals surface area (Å²) in [6, 6.07) is 9.53. The molecule has 0 aliphatic heterocycles. The zero-order valence-corrected chi connectivity index (χ0v) is 14.2. The fourth-order valence-corrected chi connectivity index (χ4v) is 2.48. The van der Waals surface area contributed by atoms with Crippen molar-refractivity contribution in [1.29, 1.82) is 0 Å². The summed E-state index contributed by atoms with van der Waals surface area (Å²) in [7, 11) is 0. The van der Waals surface area contributed by atoms with Gasteiger partial charge in [-0.2, -0.15) is 5.10 Å². The number of nitrogens with one attached hydrogen (secondary N) is 1. The Morgan fingerprint density at radius 2 is 1.79 bits per heavy atom. The highest BCUT2D eigenvalue weighted by molar-refractivity contribution is 5.93. The Bertz CT molecular complexity index is 707. The monoisotopic (exact) mass is 329 g/mol. The van der Waals surface area contributed by atoms with Crippen LogP contribution in [0.15, 0.2) is 36.5 Å². The summed E-state index contributed by atoms with van der Waals surface area (Å²) in [5, 5.41) is 15.6. The molecule has 1 aromatic carbocycles. The van der Waals surface area contributed by atoms with Gasteiger partial charge in [0.05, 0.1) is 6.04 Å². The molecule has 2 rings (SSSR count). The third kappa shape index (κ3) is 4.22. The largest absolute Gasteiger partial charge is 0.480 e. The Balaban J connectivity index is 2.06. The topological polar surface area (TPSA) is 84.2 Å². The Morgan fingerprint density at radius 1 is 1.17 bits per heavy atom. The van der Waals surface area contributed by atoms with Crippen molar-refractivity contribution in [2.24, 2.45) is 0 Å². The minimum absolute atomic E-state index is 0.184. The molecule has 0 spiro atoms. The predicted octanol–water partition coefficient (Wildman–Crippen LogP) is 2.97. The summed E-state index contributed by atoms with van der Waals surface area (Å²) in [6.45, 7) is 5.90. The molecule has 2 atom stereocenters. The van der Waals surface area contributed by atoms with Crippen LogP contribution in [0, 0.1) is 0 Å². The number of aromatic nitrogens is 2. The van der Waals surface area contributed by atoms with E-state index in [0.29, 0.717) is 5.92 Å². The van der Waals surface area contributed by atoms with E-state index in [-0.39, 0.29) is 24.2 Å². The number of carbonyl (C=O) groups excluding carboxylic acids is 1. The molecular formula is C18H23N3O3. The Kier molecular flexibility index (Phi) is 5.73. The zero-order chi connectivity index (χ0) is 17.7. The number of rotatable bonds is 7. The molecular weight excluding hydrogens is 306 g/mol. The van der Waals surface area contributed by atoms with Gasteiger partial charge in [0.2, 0.25) is 0 Å². The molecule has 1 heterocycles. The molecule has 0 aliphatic carbocycles. The first-order valence-electron chi connectivity index (χ1n) is 8.06. The van der Waals surface area contributed by atoms with Crippen LogP contribution < -0.4 is 5.32 Å². The predicted molar refractivity (Wildman–Crippen MR) is 90.9 cm³/mol. The second kappa shape index (κ2) is 7.77. The molecule has 0 radical (unpaired) electrons. The average Bonchev–Trinajstić information content (AvgIpc) is 3.01. The molecule has 2 aromatic rings. The minimum atomic E-state index is -1.04. The third-order valence-electron chi connectivity index (χ3n) is 4.20. The molecule has 2 N–H and O–H groups in total. The maximum absolute atomic E-state index is 12.3. The molecule has 0 fully saturated rings. The van der Waals surface area contributed by atoms with Crippen molar-refractivity contribution in [1.82, 2.24) is 15.1 Å². The first kappa shape index (κ1) is 17.7. The van der Waals surface area contributed by atoms with E-state index in [4.69, 9.17) is 5.11 Å². The maximum Gasteiger partial charge on any atom is 0.325 e. The van der Waals surface area contributed by atoms with E-state index in [9.17, 15) is 9.59 Å². The number of nitrogens with zero attached hydrogens (tertiary/aromatic N) is 2. The molecule has 6 heteroatoms. The van der Waals surface area contributed by atoms with E-state index in [1.807, 2.05) is 19.1 Å². The van der Waals surface area contributed by atoms with Gasteiger partial charge in [-0.05, 0) is 36.5 Å². The van der Waals surface area contributed by atoms with Crippen molar-refractivity contribution in [3.63, 3.8) is 0 Å². The highest BCUT2D eigenvalue weighted by Crippen LogP contribution is 2.21. The van der Waals surface area contributed by atoms with Crippen molar-refractivity contribution in [3.8, 4) is 0 Å². The second-order valence-electron chi connectivity index (χ2n) is 5.94. The number of amides is 1. The van der Waals surface area contributed by atoms with Crippen molar-refractivity contribution < 1.29 is 14.7 Å². The molecule has 128 valence electrons. The number of carbonyl (C=O) groups is 2. The smallest absolute Gasteiger partial charge is 0.325 e. The van der Waals surface area contributed by atoms with E-state index < -0.39 is 5.97 Å². The highest BCUT2D eigenvalue weighted by Gasteiger charge is 2.17. The van der Waals surface area contributed by atoms with Gasteiger partial charge in [0.1, 0.15) is 12.2 Å². The lowest BCUT2D eigenvalue weighted by atomic mass is 9.96. The van der Waals surface area contributed by atoms with Gasteiger partial charge in [-0.15, -0.1) is 0 Å². The fourth-order valence-electron chi connectivity index (χ4n) is 2.48. The quantitative estimate of drug-likeness (QED) is 0.818. The fraction of sp³-hybridized carbons (Fsp3) is 0.389. The zero-order valence-electron chi connectivity index (χ0n) is 14.2. The van der Waals surface area contributed by atoms with Crippen LogP contribution in [0.25, 0.3) is 0 Å². The molecule has 1 amide bonds. The molecule has 1 aromatic heterocycles. The summed E-state index contributed by atoms with van der Waals surface area (Å²) < 4.78 is 1.18. The van der Waals surface area contributed by atoms with Crippen LogP contribution in [0.5, 0.6) is 0 Å². The third-order valence-corrected chi connectivity index (χ3v) is 4.20. The van der Waals surface area contributed by atoms with Crippen molar-refractivity contribution in [2.45, 2.75) is 45.7 Å². The van der Waals surface area contributed by atoms with Gasteiger partial charge < -0.3 is 10.4 Å². The summed E-state index contributed by atoms with van der Waals surface area (Å²) >= 11 is 0. The second-order valence-corrected chi connectivity index (χ2v) is 5.94.